The fourth-order valence-corrected chi connectivity index (χ4v) is 26.5. The Morgan fingerprint density at radius 3 is 1.28 bits per heavy atom. The lowest BCUT2D eigenvalue weighted by Crippen LogP contribution is -2.46. The minimum Gasteiger partial charge on any atom is -0.497 e. The number of aromatic nitrogens is 10. The first kappa shape index (κ1) is 103. The van der Waals surface area contributed by atoms with Gasteiger partial charge in [-0.2, -0.15) is 15.1 Å². The summed E-state index contributed by atoms with van der Waals surface area (Å²) >= 11 is 1.87. The summed E-state index contributed by atoms with van der Waals surface area (Å²) in [6, 6.07) is 87.6. The van der Waals surface area contributed by atoms with Gasteiger partial charge in [0.15, 0.2) is 64.9 Å². The molecular formula is C104H91N14O25P3S2. The molecule has 0 bridgehead atoms. The number of amides is 2. The largest absolute Gasteiger partial charge is 0.497 e. The normalized spacial score (nSPS) is 20.0. The Hall–Kier alpha value is -14.8. The predicted octanol–water partition coefficient (Wildman–Crippen LogP) is 17.0. The first-order valence-electron chi connectivity index (χ1n) is 46.1. The molecular weight excluding hydrogens is 2000 g/mol. The van der Waals surface area contributed by atoms with Gasteiger partial charge in [-0.15, -0.1) is 0 Å². The molecule has 148 heavy (non-hydrogen) atoms. The van der Waals surface area contributed by atoms with E-state index in [4.69, 9.17) is 84.5 Å². The lowest BCUT2D eigenvalue weighted by molar-refractivity contribution is -0.0685. The van der Waals surface area contributed by atoms with Crippen LogP contribution < -0.4 is 26.2 Å². The SMILES string of the molecule is COc1ccc(C(Nc2ncnc3c2ncn3[C@@H]2O[C@H](COP(=O)(Sc3ccccc3)Sc3ccccc3)[C@@H](OP(=O)(OCCC#N)OC[C@H]3O[C@@H](n4ccc(=O)n(C(=O)c5ccccc5)c4=O)[C@H](OC)[C@@H]3OP(=O)(OCCC#N)OC[C@H]3O[C@@H](n4cnc5c(N(C(=O)c6ccccc6)C(=O)c6ccccc6)ncnc54)[C@H](OC(=O)c4ccccc4)[C@@H]3OC(=O)c3ccccc3)[C@H]2OC)(c2ccccc2)c2ccccc2)cc1. The van der Waals surface area contributed by atoms with Crippen LogP contribution in [-0.4, -0.2) is 187 Å². The van der Waals surface area contributed by atoms with Crippen LogP contribution in [0.2, 0.25) is 0 Å². The number of carbonyl (C=O) groups excluding carboxylic acids is 5. The molecule has 3 fully saturated rings. The predicted molar refractivity (Wildman–Crippen MR) is 537 cm³/mol. The summed E-state index contributed by atoms with van der Waals surface area (Å²) in [4.78, 5) is 133. The first-order valence-corrected chi connectivity index (χ1v) is 53.5. The maximum absolute atomic E-state index is 16.7. The molecule has 5 aromatic heterocycles. The van der Waals surface area contributed by atoms with Crippen LogP contribution >= 0.6 is 44.2 Å². The standard InChI is InChI=1S/C104H91N14O25P3S2/c1-129-76-53-51-75(52-54-76)104(73-43-23-9-24-44-73,74-45-25-10-26-46-74)113-91-83-92(108-64-107-91)115(66-111-83)99-89(131-3)87(81(139-99)63-136-146(128,147-77-47-27-11-28-48-77)148-78-49-29-12-30-50-78)143-145(127,133-60-32-57-106)135-62-80-86(88(130-2)98(138-80)114-58-55-82(119)117(103(114)125)95(120)68-33-13-4-14-34-68)142-144(126,132-59-31-56-105)134-61-79-85(140-101(123)71-39-19-7-20-40-71)90(141-102(124)72-41-21-8-22-42-72)100(137-79)116-67-112-84-93(116)109-65-110-94(84)118(96(121)69-35-15-5-16-36-69)97(122)70-37-17-6-18-38-70/h4-30,33-55,58,64-67,79-81,85-90,98-100H,31-32,59-63H2,1-3H3,(H,107,108,113)/t79-,80-,81-,85-,86-,87-,88-,89-,90-,98-,99-,100-,144?,145?/m1/s1. The Bertz CT molecular complexity index is 7460. The number of hydrogen-bond donors (Lipinski definition) is 1. The molecule has 2 amide bonds. The number of nitrogens with zero attached hydrogens (tertiary/aromatic N) is 13. The highest BCUT2D eigenvalue weighted by Crippen LogP contribution is 2.74. The molecule has 15 aromatic rings. The number of phosphoric ester groups is 2. The smallest absolute Gasteiger partial charge is 0.475 e. The lowest BCUT2D eigenvalue weighted by atomic mass is 9.77. The molecule has 39 nitrogen and oxygen atoms in total. The minimum absolute atomic E-state index is 0.0117. The number of nitriles is 2. The molecule has 10 aromatic carbocycles. The van der Waals surface area contributed by atoms with Gasteiger partial charge in [-0.3, -0.25) is 64.6 Å². The van der Waals surface area contributed by atoms with Crippen molar-refractivity contribution < 1.29 is 107 Å². The molecule has 18 rings (SSSR count). The highest BCUT2D eigenvalue weighted by molar-refractivity contribution is 8.89. The fraction of sp³-hybridized carbons (Fsp3) is 0.221. The number of fused-ring (bicyclic) bond motifs is 2. The van der Waals surface area contributed by atoms with Crippen LogP contribution in [0.1, 0.15) is 100 Å². The Labute approximate surface area is 853 Å². The number of hydrogen-bond acceptors (Lipinski definition) is 36. The van der Waals surface area contributed by atoms with E-state index in [0.29, 0.717) is 20.1 Å². The van der Waals surface area contributed by atoms with Crippen molar-refractivity contribution in [1.82, 2.24) is 48.2 Å². The van der Waals surface area contributed by atoms with Gasteiger partial charge in [-0.05, 0) is 137 Å². The van der Waals surface area contributed by atoms with Crippen molar-refractivity contribution in [2.24, 2.45) is 0 Å². The first-order chi connectivity index (χ1) is 72.1. The molecule has 3 saturated heterocycles. The van der Waals surface area contributed by atoms with E-state index in [1.807, 2.05) is 97.1 Å². The molecule has 2 unspecified atom stereocenters. The molecule has 0 aliphatic carbocycles. The lowest BCUT2D eigenvalue weighted by Gasteiger charge is -2.37. The number of rotatable bonds is 42. The number of anilines is 2. The zero-order valence-electron chi connectivity index (χ0n) is 78.8. The van der Waals surface area contributed by atoms with Crippen LogP contribution in [0.5, 0.6) is 5.75 Å². The molecule has 754 valence electrons. The number of esters is 2. The molecule has 0 spiro atoms. The maximum Gasteiger partial charge on any atom is 0.475 e. The number of phosphoric acid groups is 2. The molecule has 3 aliphatic heterocycles. The Balaban J connectivity index is 0.723. The van der Waals surface area contributed by atoms with E-state index in [0.717, 1.165) is 74.6 Å². The van der Waals surface area contributed by atoms with Crippen LogP contribution in [0.15, 0.2) is 354 Å². The summed E-state index contributed by atoms with van der Waals surface area (Å²) in [7, 11) is -7.18. The minimum atomic E-state index is -5.63. The van der Waals surface area contributed by atoms with Crippen LogP contribution in [0.25, 0.3) is 22.3 Å². The van der Waals surface area contributed by atoms with E-state index in [1.54, 1.807) is 147 Å². The van der Waals surface area contributed by atoms with Gasteiger partial charge >= 0.3 is 39.0 Å². The summed E-state index contributed by atoms with van der Waals surface area (Å²) in [5.41, 5.74) is -1.30. The molecule has 0 saturated carbocycles. The summed E-state index contributed by atoms with van der Waals surface area (Å²) < 4.78 is 150. The quantitative estimate of drug-likeness (QED) is 0.0122. The highest BCUT2D eigenvalue weighted by Gasteiger charge is 2.58. The summed E-state index contributed by atoms with van der Waals surface area (Å²) in [6.45, 7) is -4.35. The summed E-state index contributed by atoms with van der Waals surface area (Å²) in [6.07, 6.45) is -16.4. The molecule has 1 N–H and O–H groups in total. The third-order valence-electron chi connectivity index (χ3n) is 24.1. The zero-order chi connectivity index (χ0) is 103. The van der Waals surface area contributed by atoms with Crippen molar-refractivity contribution in [1.29, 1.82) is 10.5 Å². The number of carbonyl (C=O) groups is 5. The van der Waals surface area contributed by atoms with Crippen LogP contribution in [0, 0.1) is 22.7 Å². The van der Waals surface area contributed by atoms with Crippen LogP contribution in [0.3, 0.4) is 0 Å². The van der Waals surface area contributed by atoms with E-state index in [2.05, 4.69) is 20.3 Å². The van der Waals surface area contributed by atoms with Gasteiger partial charge in [0.1, 0.15) is 66.7 Å². The second kappa shape index (κ2) is 46.9. The van der Waals surface area contributed by atoms with E-state index in [-0.39, 0.29) is 61.8 Å². The second-order valence-corrected chi connectivity index (χ2v) is 43.5. The van der Waals surface area contributed by atoms with E-state index < -0.39 is 187 Å². The van der Waals surface area contributed by atoms with Gasteiger partial charge in [-0.25, -0.2) is 58.3 Å². The summed E-state index contributed by atoms with van der Waals surface area (Å²) in [5, 5.41) is 24.2. The van der Waals surface area contributed by atoms with Crippen molar-refractivity contribution in [3.05, 3.63) is 400 Å². The summed E-state index contributed by atoms with van der Waals surface area (Å²) in [5.74, 6) is -8.37. The van der Waals surface area contributed by atoms with Gasteiger partial charge in [-0.1, -0.05) is 200 Å². The van der Waals surface area contributed by atoms with Crippen molar-refractivity contribution in [2.45, 2.75) is 102 Å². The third kappa shape index (κ3) is 22.7. The Kier molecular flexibility index (Phi) is 32.7. The van der Waals surface area contributed by atoms with Gasteiger partial charge < -0.3 is 47.7 Å². The average Bonchev–Trinajstić information content (AvgIpc) is 0.790. The van der Waals surface area contributed by atoms with Gasteiger partial charge in [0, 0.05) is 53.0 Å². The number of imidazole rings is 2. The fourth-order valence-electron chi connectivity index (χ4n) is 17.2. The van der Waals surface area contributed by atoms with Crippen molar-refractivity contribution in [3.63, 3.8) is 0 Å². The van der Waals surface area contributed by atoms with E-state index in [9.17, 15) is 39.3 Å². The molecule has 3 aliphatic rings. The number of ether oxygens (including phenoxy) is 8. The maximum atomic E-state index is 16.7. The zero-order valence-corrected chi connectivity index (χ0v) is 83.1. The molecule has 8 heterocycles. The third-order valence-corrected chi connectivity index (χ3v) is 33.5. The van der Waals surface area contributed by atoms with Crippen LogP contribution in [-0.2, 0) is 84.1 Å². The van der Waals surface area contributed by atoms with Crippen molar-refractivity contribution in [2.75, 3.05) is 64.6 Å². The Morgan fingerprint density at radius 2 is 0.818 bits per heavy atom. The number of imide groups is 1. The number of benzene rings is 10. The Morgan fingerprint density at radius 1 is 0.426 bits per heavy atom. The van der Waals surface area contributed by atoms with Gasteiger partial charge in [0.2, 0.25) is 0 Å². The van der Waals surface area contributed by atoms with E-state index in [1.165, 1.54) is 108 Å². The number of methoxy groups -OCH3 is 3. The number of nitrogens with one attached hydrogen (secondary N) is 1. The highest BCUT2D eigenvalue weighted by atomic mass is 33.1. The van der Waals surface area contributed by atoms with Crippen molar-refractivity contribution >= 4 is 108 Å². The molecule has 0 radical (unpaired) electrons. The van der Waals surface area contributed by atoms with Gasteiger partial charge in [0.05, 0.1) is 88.9 Å². The second-order valence-electron chi connectivity index (χ2n) is 33.2. The van der Waals surface area contributed by atoms with E-state index >= 15 is 18.5 Å². The van der Waals surface area contributed by atoms with Crippen molar-refractivity contribution in [3.8, 4) is 17.9 Å². The monoisotopic (exact) mass is 2090 g/mol. The molecule has 44 heteroatoms. The van der Waals surface area contributed by atoms with Gasteiger partial charge in [0.25, 0.3) is 23.3 Å². The average molecular weight is 2090 g/mol. The molecule has 14 atom stereocenters. The topological polar surface area (TPSA) is 469 Å². The van der Waals surface area contributed by atoms with Crippen LogP contribution in [0.4, 0.5) is 11.6 Å².